The van der Waals surface area contributed by atoms with Crippen LogP contribution < -0.4 is 10.6 Å². The van der Waals surface area contributed by atoms with Gasteiger partial charge in [-0.1, -0.05) is 6.92 Å². The summed E-state index contributed by atoms with van der Waals surface area (Å²) in [5, 5.41) is 6.87. The van der Waals surface area contributed by atoms with Gasteiger partial charge in [0.15, 0.2) is 5.96 Å². The molecule has 126 valence electrons. The molecule has 0 radical (unpaired) electrons. The van der Waals surface area contributed by atoms with Gasteiger partial charge in [0.1, 0.15) is 0 Å². The van der Waals surface area contributed by atoms with E-state index in [0.717, 1.165) is 25.5 Å². The molecule has 0 aromatic carbocycles. The normalized spacial score (nSPS) is 15.0. The molecule has 0 fully saturated rings. The fourth-order valence-corrected chi connectivity index (χ4v) is 3.28. The van der Waals surface area contributed by atoms with Crippen molar-refractivity contribution in [3.05, 3.63) is 21.9 Å². The molecular weight excluding hydrogens is 292 g/mol. The highest BCUT2D eigenvalue weighted by Gasteiger charge is 2.09. The Morgan fingerprint density at radius 1 is 1.36 bits per heavy atom. The van der Waals surface area contributed by atoms with Crippen LogP contribution in [0.15, 0.2) is 17.1 Å². The second-order valence-electron chi connectivity index (χ2n) is 6.00. The van der Waals surface area contributed by atoms with E-state index in [0.29, 0.717) is 12.1 Å². The third-order valence-corrected chi connectivity index (χ3v) is 5.03. The first-order valence-electron chi connectivity index (χ1n) is 8.19. The fourth-order valence-electron chi connectivity index (χ4n) is 2.26. The Morgan fingerprint density at radius 3 is 2.64 bits per heavy atom. The molecule has 0 spiro atoms. The summed E-state index contributed by atoms with van der Waals surface area (Å²) in [6, 6.07) is 5.40. The summed E-state index contributed by atoms with van der Waals surface area (Å²) in [4.78, 5) is 9.48. The zero-order chi connectivity index (χ0) is 16.5. The lowest BCUT2D eigenvalue weighted by molar-refractivity contribution is 0.255. The second-order valence-corrected chi connectivity index (χ2v) is 7.37. The van der Waals surface area contributed by atoms with Gasteiger partial charge in [0.25, 0.3) is 0 Å². The van der Waals surface area contributed by atoms with Gasteiger partial charge in [-0.25, -0.2) is 0 Å². The van der Waals surface area contributed by atoms with Crippen molar-refractivity contribution in [1.82, 2.24) is 15.5 Å². The number of likely N-dealkylation sites (N-methyl/N-ethyl adjacent to an activating group) is 1. The zero-order valence-corrected chi connectivity index (χ0v) is 15.8. The average Bonchev–Trinajstić information content (AvgIpc) is 2.89. The van der Waals surface area contributed by atoms with Gasteiger partial charge in [-0.15, -0.1) is 11.3 Å². The van der Waals surface area contributed by atoms with E-state index in [9.17, 15) is 0 Å². The standard InChI is InChI=1S/C17H32N4S/c1-7-14(3)21(6)11-10-19-17(18-5)20-13(2)12-16-9-8-15(4)22-16/h8-9,13-14H,7,10-12H2,1-6H3,(H2,18,19,20). The zero-order valence-electron chi connectivity index (χ0n) is 14.9. The minimum absolute atomic E-state index is 0.372. The number of aliphatic imine (C=N–C) groups is 1. The molecule has 1 aromatic heterocycles. The predicted molar refractivity (Wildman–Crippen MR) is 99.1 cm³/mol. The third kappa shape index (κ3) is 6.79. The minimum atomic E-state index is 0.372. The van der Waals surface area contributed by atoms with Crippen molar-refractivity contribution in [2.24, 2.45) is 4.99 Å². The van der Waals surface area contributed by atoms with Gasteiger partial charge in [0.2, 0.25) is 0 Å². The van der Waals surface area contributed by atoms with E-state index in [1.807, 2.05) is 18.4 Å². The SMILES string of the molecule is CCC(C)N(C)CCNC(=NC)NC(C)Cc1ccc(C)s1. The Bertz CT molecular complexity index is 455. The molecule has 2 atom stereocenters. The van der Waals surface area contributed by atoms with Crippen LogP contribution in [0.3, 0.4) is 0 Å². The third-order valence-electron chi connectivity index (χ3n) is 4.01. The number of aryl methyl sites for hydroxylation is 1. The highest BCUT2D eigenvalue weighted by Crippen LogP contribution is 2.16. The number of rotatable bonds is 8. The van der Waals surface area contributed by atoms with E-state index in [1.54, 1.807) is 0 Å². The first-order valence-corrected chi connectivity index (χ1v) is 9.00. The maximum Gasteiger partial charge on any atom is 0.191 e. The van der Waals surface area contributed by atoms with Crippen LogP contribution >= 0.6 is 11.3 Å². The van der Waals surface area contributed by atoms with Crippen LogP contribution in [0.5, 0.6) is 0 Å². The predicted octanol–water partition coefficient (Wildman–Crippen LogP) is 2.88. The van der Waals surface area contributed by atoms with Crippen molar-refractivity contribution in [3.8, 4) is 0 Å². The van der Waals surface area contributed by atoms with Crippen LogP contribution in [0.1, 0.15) is 36.9 Å². The number of nitrogens with one attached hydrogen (secondary N) is 2. The topological polar surface area (TPSA) is 39.7 Å². The van der Waals surface area contributed by atoms with E-state index < -0.39 is 0 Å². The van der Waals surface area contributed by atoms with Gasteiger partial charge >= 0.3 is 0 Å². The molecule has 1 aromatic rings. The average molecular weight is 325 g/mol. The van der Waals surface area contributed by atoms with Crippen molar-refractivity contribution < 1.29 is 0 Å². The molecule has 2 N–H and O–H groups in total. The van der Waals surface area contributed by atoms with E-state index in [2.05, 4.69) is 67.4 Å². The summed E-state index contributed by atoms with van der Waals surface area (Å²) in [6.45, 7) is 10.8. The van der Waals surface area contributed by atoms with Crippen LogP contribution in [0.2, 0.25) is 0 Å². The van der Waals surface area contributed by atoms with Gasteiger partial charge < -0.3 is 15.5 Å². The molecule has 0 amide bonds. The Kier molecular flexibility index (Phi) is 8.49. The van der Waals surface area contributed by atoms with Gasteiger partial charge in [-0.05, 0) is 46.4 Å². The van der Waals surface area contributed by atoms with Crippen LogP contribution in [0, 0.1) is 6.92 Å². The largest absolute Gasteiger partial charge is 0.355 e. The number of guanidine groups is 1. The van der Waals surface area contributed by atoms with Crippen molar-refractivity contribution in [3.63, 3.8) is 0 Å². The molecule has 1 rings (SSSR count). The minimum Gasteiger partial charge on any atom is -0.355 e. The lowest BCUT2D eigenvalue weighted by Gasteiger charge is -2.24. The van der Waals surface area contributed by atoms with Gasteiger partial charge in [-0.2, -0.15) is 0 Å². The van der Waals surface area contributed by atoms with Crippen LogP contribution in [0.25, 0.3) is 0 Å². The molecule has 22 heavy (non-hydrogen) atoms. The molecular formula is C17H32N4S. The Labute approximate surface area is 140 Å². The van der Waals surface area contributed by atoms with Crippen molar-refractivity contribution in [2.75, 3.05) is 27.2 Å². The van der Waals surface area contributed by atoms with E-state index in [1.165, 1.54) is 16.2 Å². The molecule has 5 heteroatoms. The highest BCUT2D eigenvalue weighted by atomic mass is 32.1. The number of hydrogen-bond acceptors (Lipinski definition) is 3. The fraction of sp³-hybridized carbons (Fsp3) is 0.706. The Balaban J connectivity index is 2.32. The molecule has 0 aliphatic carbocycles. The van der Waals surface area contributed by atoms with E-state index >= 15 is 0 Å². The molecule has 0 aliphatic heterocycles. The summed E-state index contributed by atoms with van der Waals surface area (Å²) in [5.41, 5.74) is 0. The van der Waals surface area contributed by atoms with Crippen LogP contribution in [-0.4, -0.2) is 50.1 Å². The molecule has 4 nitrogen and oxygen atoms in total. The van der Waals surface area contributed by atoms with Gasteiger partial charge in [0.05, 0.1) is 0 Å². The molecule has 2 unspecified atom stereocenters. The van der Waals surface area contributed by atoms with Gasteiger partial charge in [0, 0.05) is 48.4 Å². The van der Waals surface area contributed by atoms with E-state index in [-0.39, 0.29) is 0 Å². The van der Waals surface area contributed by atoms with Gasteiger partial charge in [-0.3, -0.25) is 4.99 Å². The Hall–Kier alpha value is -1.07. The first kappa shape index (κ1) is 19.0. The van der Waals surface area contributed by atoms with E-state index in [4.69, 9.17) is 0 Å². The molecule has 0 aliphatic rings. The van der Waals surface area contributed by atoms with Crippen molar-refractivity contribution >= 4 is 17.3 Å². The van der Waals surface area contributed by atoms with Crippen LogP contribution in [0.4, 0.5) is 0 Å². The summed E-state index contributed by atoms with van der Waals surface area (Å²) in [6.07, 6.45) is 2.21. The summed E-state index contributed by atoms with van der Waals surface area (Å²) in [5.74, 6) is 0.887. The maximum atomic E-state index is 4.32. The molecule has 0 saturated heterocycles. The highest BCUT2D eigenvalue weighted by molar-refractivity contribution is 7.11. The lowest BCUT2D eigenvalue weighted by atomic mass is 10.2. The summed E-state index contributed by atoms with van der Waals surface area (Å²) < 4.78 is 0. The first-order chi connectivity index (χ1) is 10.5. The van der Waals surface area contributed by atoms with Crippen LogP contribution in [-0.2, 0) is 6.42 Å². The van der Waals surface area contributed by atoms with Crippen molar-refractivity contribution in [2.45, 2.75) is 52.6 Å². The smallest absolute Gasteiger partial charge is 0.191 e. The maximum absolute atomic E-state index is 4.32. The molecule has 0 saturated carbocycles. The quantitative estimate of drug-likeness (QED) is 0.570. The Morgan fingerprint density at radius 2 is 2.09 bits per heavy atom. The summed E-state index contributed by atoms with van der Waals surface area (Å²) in [7, 11) is 4.00. The molecule has 1 heterocycles. The second kappa shape index (κ2) is 9.85. The lowest BCUT2D eigenvalue weighted by Crippen LogP contribution is -2.45. The number of nitrogens with zero attached hydrogens (tertiary/aromatic N) is 2. The van der Waals surface area contributed by atoms with Crippen molar-refractivity contribution in [1.29, 1.82) is 0 Å². The summed E-state index contributed by atoms with van der Waals surface area (Å²) >= 11 is 1.87. The monoisotopic (exact) mass is 324 g/mol. The number of thiophene rings is 1. The number of hydrogen-bond donors (Lipinski definition) is 2. The molecule has 0 bridgehead atoms.